The standard InChI is InChI=1S/C13H12ClN3O3/c1-20-11-4-2-9(14)6-8(11)7-15-13(19)10-3-5-12(18)17-16-10/h2-6H,7H2,1H3,(H,15,19)(H,17,18). The summed E-state index contributed by atoms with van der Waals surface area (Å²) in [5, 5.41) is 9.07. The number of carbonyl (C=O) groups excluding carboxylic acids is 1. The second-order valence-corrected chi connectivity index (χ2v) is 4.38. The van der Waals surface area contributed by atoms with Crippen LogP contribution in [0.25, 0.3) is 0 Å². The second kappa shape index (κ2) is 6.21. The van der Waals surface area contributed by atoms with E-state index < -0.39 is 5.91 Å². The molecular formula is C13H12ClN3O3. The molecule has 0 fully saturated rings. The number of halogens is 1. The van der Waals surface area contributed by atoms with Crippen LogP contribution in [0.15, 0.2) is 35.1 Å². The van der Waals surface area contributed by atoms with Gasteiger partial charge in [-0.1, -0.05) is 11.6 Å². The average molecular weight is 294 g/mol. The highest BCUT2D eigenvalue weighted by Crippen LogP contribution is 2.22. The van der Waals surface area contributed by atoms with Gasteiger partial charge in [-0.25, -0.2) is 5.10 Å². The van der Waals surface area contributed by atoms with E-state index in [4.69, 9.17) is 16.3 Å². The minimum Gasteiger partial charge on any atom is -0.496 e. The van der Waals surface area contributed by atoms with Crippen molar-refractivity contribution in [1.29, 1.82) is 0 Å². The van der Waals surface area contributed by atoms with E-state index in [0.717, 1.165) is 5.56 Å². The highest BCUT2D eigenvalue weighted by Gasteiger charge is 2.09. The van der Waals surface area contributed by atoms with Gasteiger partial charge in [0.2, 0.25) is 0 Å². The summed E-state index contributed by atoms with van der Waals surface area (Å²) in [6, 6.07) is 7.73. The third kappa shape index (κ3) is 3.36. The Hall–Kier alpha value is -2.34. The van der Waals surface area contributed by atoms with Gasteiger partial charge in [0.15, 0.2) is 0 Å². The van der Waals surface area contributed by atoms with Crippen LogP contribution in [-0.2, 0) is 6.54 Å². The van der Waals surface area contributed by atoms with Gasteiger partial charge >= 0.3 is 0 Å². The molecule has 2 aromatic rings. The zero-order chi connectivity index (χ0) is 14.5. The Kier molecular flexibility index (Phi) is 4.37. The molecule has 0 radical (unpaired) electrons. The van der Waals surface area contributed by atoms with Gasteiger partial charge in [-0.2, -0.15) is 5.10 Å². The molecule has 2 rings (SSSR count). The lowest BCUT2D eigenvalue weighted by Crippen LogP contribution is -2.25. The molecule has 6 nitrogen and oxygen atoms in total. The zero-order valence-electron chi connectivity index (χ0n) is 10.6. The van der Waals surface area contributed by atoms with Gasteiger partial charge in [0.05, 0.1) is 7.11 Å². The minimum absolute atomic E-state index is 0.130. The SMILES string of the molecule is COc1ccc(Cl)cc1CNC(=O)c1ccc(=O)[nH]n1. The van der Waals surface area contributed by atoms with Crippen molar-refractivity contribution >= 4 is 17.5 Å². The monoisotopic (exact) mass is 293 g/mol. The molecule has 0 bridgehead atoms. The number of carbonyl (C=O) groups is 1. The molecule has 2 N–H and O–H groups in total. The predicted molar refractivity (Wildman–Crippen MR) is 74.0 cm³/mol. The lowest BCUT2D eigenvalue weighted by molar-refractivity contribution is 0.0944. The first-order valence-corrected chi connectivity index (χ1v) is 6.14. The topological polar surface area (TPSA) is 84.1 Å². The van der Waals surface area contributed by atoms with E-state index in [9.17, 15) is 9.59 Å². The maximum Gasteiger partial charge on any atom is 0.271 e. The summed E-state index contributed by atoms with van der Waals surface area (Å²) in [4.78, 5) is 22.7. The fourth-order valence-electron chi connectivity index (χ4n) is 1.62. The first kappa shape index (κ1) is 14.1. The molecule has 0 aliphatic carbocycles. The van der Waals surface area contributed by atoms with E-state index in [1.54, 1.807) is 18.2 Å². The van der Waals surface area contributed by atoms with Crippen LogP contribution in [0.3, 0.4) is 0 Å². The van der Waals surface area contributed by atoms with Crippen LogP contribution in [0.4, 0.5) is 0 Å². The number of hydrogen-bond donors (Lipinski definition) is 2. The number of ether oxygens (including phenoxy) is 1. The number of aromatic nitrogens is 2. The molecule has 7 heteroatoms. The summed E-state index contributed by atoms with van der Waals surface area (Å²) in [6.07, 6.45) is 0. The van der Waals surface area contributed by atoms with Crippen molar-refractivity contribution in [3.05, 3.63) is 57.0 Å². The number of nitrogens with one attached hydrogen (secondary N) is 2. The van der Waals surface area contributed by atoms with Gasteiger partial charge in [-0.05, 0) is 24.3 Å². The summed E-state index contributed by atoms with van der Waals surface area (Å²) in [5.74, 6) is 0.229. The number of methoxy groups -OCH3 is 1. The van der Waals surface area contributed by atoms with E-state index >= 15 is 0 Å². The molecule has 104 valence electrons. The molecule has 0 atom stereocenters. The molecule has 0 saturated heterocycles. The molecular weight excluding hydrogens is 282 g/mol. The van der Waals surface area contributed by atoms with Crippen LogP contribution in [0, 0.1) is 0 Å². The van der Waals surface area contributed by atoms with E-state index in [2.05, 4.69) is 15.5 Å². The van der Waals surface area contributed by atoms with Gasteiger partial charge in [0.1, 0.15) is 11.4 Å². The maximum absolute atomic E-state index is 11.8. The molecule has 1 aromatic carbocycles. The van der Waals surface area contributed by atoms with Crippen molar-refractivity contribution in [2.24, 2.45) is 0 Å². The van der Waals surface area contributed by atoms with Crippen LogP contribution in [0.1, 0.15) is 16.1 Å². The molecule has 0 aliphatic rings. The lowest BCUT2D eigenvalue weighted by Gasteiger charge is -2.09. The Balaban J connectivity index is 2.08. The van der Waals surface area contributed by atoms with E-state index in [-0.39, 0.29) is 17.8 Å². The highest BCUT2D eigenvalue weighted by atomic mass is 35.5. The number of benzene rings is 1. The number of aromatic amines is 1. The van der Waals surface area contributed by atoms with Crippen molar-refractivity contribution in [2.75, 3.05) is 7.11 Å². The van der Waals surface area contributed by atoms with Crippen molar-refractivity contribution in [3.8, 4) is 5.75 Å². The minimum atomic E-state index is -0.400. The maximum atomic E-state index is 11.8. The Labute approximate surface area is 119 Å². The summed E-state index contributed by atoms with van der Waals surface area (Å²) >= 11 is 5.90. The molecule has 0 unspecified atom stereocenters. The quantitative estimate of drug-likeness (QED) is 0.891. The molecule has 0 aliphatic heterocycles. The smallest absolute Gasteiger partial charge is 0.271 e. The molecule has 1 aromatic heterocycles. The van der Waals surface area contributed by atoms with Crippen molar-refractivity contribution in [2.45, 2.75) is 6.54 Å². The van der Waals surface area contributed by atoms with Crippen LogP contribution >= 0.6 is 11.6 Å². The lowest BCUT2D eigenvalue weighted by atomic mass is 10.2. The molecule has 1 heterocycles. The number of rotatable bonds is 4. The third-order valence-electron chi connectivity index (χ3n) is 2.59. The van der Waals surface area contributed by atoms with Crippen LogP contribution in [-0.4, -0.2) is 23.2 Å². The Morgan fingerprint density at radius 2 is 2.20 bits per heavy atom. The number of H-pyrrole nitrogens is 1. The largest absolute Gasteiger partial charge is 0.496 e. The van der Waals surface area contributed by atoms with Crippen molar-refractivity contribution in [1.82, 2.24) is 15.5 Å². The number of amides is 1. The van der Waals surface area contributed by atoms with E-state index in [1.807, 2.05) is 0 Å². The Bertz CT molecular complexity index is 664. The normalized spacial score (nSPS) is 10.1. The molecule has 0 spiro atoms. The van der Waals surface area contributed by atoms with Gasteiger partial charge in [-0.15, -0.1) is 0 Å². The number of nitrogens with zero attached hydrogens (tertiary/aromatic N) is 1. The van der Waals surface area contributed by atoms with Crippen LogP contribution in [0.5, 0.6) is 5.75 Å². The summed E-state index contributed by atoms with van der Waals surface area (Å²) in [5.41, 5.74) is 0.515. The van der Waals surface area contributed by atoms with E-state index in [0.29, 0.717) is 10.8 Å². The molecule has 0 saturated carbocycles. The van der Waals surface area contributed by atoms with Crippen LogP contribution in [0.2, 0.25) is 5.02 Å². The van der Waals surface area contributed by atoms with Crippen LogP contribution < -0.4 is 15.6 Å². The first-order chi connectivity index (χ1) is 9.60. The second-order valence-electron chi connectivity index (χ2n) is 3.95. The summed E-state index contributed by atoms with van der Waals surface area (Å²) in [7, 11) is 1.54. The highest BCUT2D eigenvalue weighted by molar-refractivity contribution is 6.30. The summed E-state index contributed by atoms with van der Waals surface area (Å²) in [6.45, 7) is 0.239. The Morgan fingerprint density at radius 1 is 1.40 bits per heavy atom. The van der Waals surface area contributed by atoms with Gasteiger partial charge in [-0.3, -0.25) is 9.59 Å². The fourth-order valence-corrected chi connectivity index (χ4v) is 1.82. The number of hydrogen-bond acceptors (Lipinski definition) is 4. The third-order valence-corrected chi connectivity index (χ3v) is 2.83. The molecule has 20 heavy (non-hydrogen) atoms. The van der Waals surface area contributed by atoms with Gasteiger partial charge in [0.25, 0.3) is 11.5 Å². The first-order valence-electron chi connectivity index (χ1n) is 5.76. The van der Waals surface area contributed by atoms with E-state index in [1.165, 1.54) is 19.2 Å². The molecule has 1 amide bonds. The van der Waals surface area contributed by atoms with Gasteiger partial charge in [0, 0.05) is 23.2 Å². The Morgan fingerprint density at radius 3 is 2.85 bits per heavy atom. The van der Waals surface area contributed by atoms with Crippen molar-refractivity contribution < 1.29 is 9.53 Å². The fraction of sp³-hybridized carbons (Fsp3) is 0.154. The average Bonchev–Trinajstić information content (AvgIpc) is 2.45. The summed E-state index contributed by atoms with van der Waals surface area (Å²) < 4.78 is 5.18. The predicted octanol–water partition coefficient (Wildman–Crippen LogP) is 1.36. The van der Waals surface area contributed by atoms with Crippen molar-refractivity contribution in [3.63, 3.8) is 0 Å². The zero-order valence-corrected chi connectivity index (χ0v) is 11.4. The van der Waals surface area contributed by atoms with Gasteiger partial charge < -0.3 is 10.1 Å².